The fraction of sp³-hybridized carbons (Fsp3) is 0.700. The summed E-state index contributed by atoms with van der Waals surface area (Å²) in [5, 5.41) is 0. The molecule has 1 saturated heterocycles. The molecule has 2 rings (SSSR count). The molecule has 0 atom stereocenters. The summed E-state index contributed by atoms with van der Waals surface area (Å²) in [5.74, 6) is 0. The highest BCUT2D eigenvalue weighted by Gasteiger charge is 2.33. The first kappa shape index (κ1) is 21.4. The summed E-state index contributed by atoms with van der Waals surface area (Å²) in [6.45, 7) is 10.4. The minimum Gasteiger partial charge on any atom is -0.407 e. The molecule has 0 spiro atoms. The highest BCUT2D eigenvalue weighted by Crippen LogP contribution is 2.21. The van der Waals surface area contributed by atoms with E-state index in [0.29, 0.717) is 0 Å². The number of hydrogen-bond acceptors (Lipinski definition) is 5. The van der Waals surface area contributed by atoms with Crippen molar-refractivity contribution in [2.45, 2.75) is 46.1 Å². The van der Waals surface area contributed by atoms with Crippen LogP contribution >= 0.6 is 0 Å². The van der Waals surface area contributed by atoms with Gasteiger partial charge in [0, 0.05) is 25.2 Å². The molecule has 0 aromatic heterocycles. The van der Waals surface area contributed by atoms with Crippen LogP contribution in [0.5, 0.6) is 0 Å². The summed E-state index contributed by atoms with van der Waals surface area (Å²) in [4.78, 5) is 2.51. The molecular weight excluding hydrogens is 325 g/mol. The third-order valence-corrected chi connectivity index (χ3v) is 4.74. The van der Waals surface area contributed by atoms with Crippen molar-refractivity contribution in [1.82, 2.24) is 4.90 Å². The van der Waals surface area contributed by atoms with Gasteiger partial charge in [-0.05, 0) is 62.9 Å². The van der Waals surface area contributed by atoms with Crippen molar-refractivity contribution >= 4 is 12.6 Å². The SMILES string of the molecule is CC1(C)COB(c2cccc(CN(CCCCN)CCCCN)c2)OC1. The van der Waals surface area contributed by atoms with E-state index in [2.05, 4.69) is 43.0 Å². The second-order valence-corrected chi connectivity index (χ2v) is 8.13. The van der Waals surface area contributed by atoms with Gasteiger partial charge in [-0.25, -0.2) is 0 Å². The minimum atomic E-state index is -0.245. The smallest absolute Gasteiger partial charge is 0.407 e. The van der Waals surface area contributed by atoms with Crippen LogP contribution in [-0.4, -0.2) is 51.4 Å². The Hall–Kier alpha value is -0.915. The lowest BCUT2D eigenvalue weighted by atomic mass is 9.75. The monoisotopic (exact) mass is 361 g/mol. The topological polar surface area (TPSA) is 73.7 Å². The molecule has 1 aliphatic heterocycles. The van der Waals surface area contributed by atoms with E-state index in [9.17, 15) is 0 Å². The second-order valence-electron chi connectivity index (χ2n) is 8.13. The Morgan fingerprint density at radius 3 is 2.19 bits per heavy atom. The Morgan fingerprint density at radius 1 is 1.00 bits per heavy atom. The Balaban J connectivity index is 1.95. The van der Waals surface area contributed by atoms with Crippen LogP contribution in [0.3, 0.4) is 0 Å². The van der Waals surface area contributed by atoms with Gasteiger partial charge in [0.25, 0.3) is 0 Å². The second kappa shape index (κ2) is 11.0. The van der Waals surface area contributed by atoms with Gasteiger partial charge in [0.1, 0.15) is 0 Å². The molecule has 1 heterocycles. The molecular formula is C20H36BN3O2. The lowest BCUT2D eigenvalue weighted by Gasteiger charge is -2.33. The number of unbranched alkanes of at least 4 members (excludes halogenated alkanes) is 2. The molecule has 0 unspecified atom stereocenters. The van der Waals surface area contributed by atoms with Crippen LogP contribution in [0, 0.1) is 5.41 Å². The molecule has 1 fully saturated rings. The Kier molecular flexibility index (Phi) is 9.09. The molecule has 6 heteroatoms. The molecule has 1 aromatic carbocycles. The van der Waals surface area contributed by atoms with E-state index in [0.717, 1.165) is 77.1 Å². The molecule has 5 nitrogen and oxygen atoms in total. The third kappa shape index (κ3) is 7.37. The van der Waals surface area contributed by atoms with Crippen molar-refractivity contribution in [3.8, 4) is 0 Å². The van der Waals surface area contributed by atoms with E-state index in [1.807, 2.05) is 0 Å². The van der Waals surface area contributed by atoms with E-state index in [4.69, 9.17) is 20.8 Å². The maximum Gasteiger partial charge on any atom is 0.493 e. The molecule has 0 bridgehead atoms. The quantitative estimate of drug-likeness (QED) is 0.464. The summed E-state index contributed by atoms with van der Waals surface area (Å²) in [5.41, 5.74) is 13.8. The van der Waals surface area contributed by atoms with Gasteiger partial charge in [-0.2, -0.15) is 0 Å². The van der Waals surface area contributed by atoms with Crippen LogP contribution < -0.4 is 16.9 Å². The van der Waals surface area contributed by atoms with Gasteiger partial charge in [0.05, 0.1) is 0 Å². The molecule has 1 aliphatic rings. The first-order valence-corrected chi connectivity index (χ1v) is 9.98. The van der Waals surface area contributed by atoms with Crippen molar-refractivity contribution in [3.05, 3.63) is 29.8 Å². The highest BCUT2D eigenvalue weighted by atomic mass is 16.6. The van der Waals surface area contributed by atoms with E-state index in [-0.39, 0.29) is 12.5 Å². The standard InChI is InChI=1S/C20H36BN3O2/c1-20(2)16-25-21(26-17-20)19-9-7-8-18(14-19)15-24(12-5-3-10-22)13-6-4-11-23/h7-9,14H,3-6,10-13,15-17,22-23H2,1-2H3. The van der Waals surface area contributed by atoms with Crippen LogP contribution in [-0.2, 0) is 15.9 Å². The Bertz CT molecular complexity index is 508. The van der Waals surface area contributed by atoms with Crippen LogP contribution in [0.25, 0.3) is 0 Å². The van der Waals surface area contributed by atoms with Crippen molar-refractivity contribution in [2.75, 3.05) is 39.4 Å². The van der Waals surface area contributed by atoms with Gasteiger partial charge >= 0.3 is 7.12 Å². The number of nitrogens with two attached hydrogens (primary N) is 2. The first-order chi connectivity index (χ1) is 12.5. The Labute approximate surface area is 159 Å². The lowest BCUT2D eigenvalue weighted by molar-refractivity contribution is 0.0343. The molecule has 0 saturated carbocycles. The van der Waals surface area contributed by atoms with Crippen molar-refractivity contribution in [2.24, 2.45) is 16.9 Å². The van der Waals surface area contributed by atoms with Gasteiger partial charge in [-0.1, -0.05) is 38.1 Å². The summed E-state index contributed by atoms with van der Waals surface area (Å²) in [6, 6.07) is 8.62. The maximum absolute atomic E-state index is 5.93. The summed E-state index contributed by atoms with van der Waals surface area (Å²) in [7, 11) is -0.245. The van der Waals surface area contributed by atoms with Crippen LogP contribution in [0.2, 0.25) is 0 Å². The van der Waals surface area contributed by atoms with Gasteiger partial charge in [0.15, 0.2) is 0 Å². The van der Waals surface area contributed by atoms with Crippen molar-refractivity contribution in [1.29, 1.82) is 0 Å². The van der Waals surface area contributed by atoms with Gasteiger partial charge in [0.2, 0.25) is 0 Å². The van der Waals surface area contributed by atoms with E-state index in [1.165, 1.54) is 5.56 Å². The fourth-order valence-corrected chi connectivity index (χ4v) is 3.21. The highest BCUT2D eigenvalue weighted by molar-refractivity contribution is 6.61. The average Bonchev–Trinajstić information content (AvgIpc) is 2.62. The van der Waals surface area contributed by atoms with Crippen LogP contribution in [0.15, 0.2) is 24.3 Å². The van der Waals surface area contributed by atoms with Gasteiger partial charge in [-0.15, -0.1) is 0 Å². The molecule has 0 amide bonds. The van der Waals surface area contributed by atoms with E-state index >= 15 is 0 Å². The zero-order chi connectivity index (χ0) is 18.8. The van der Waals surface area contributed by atoms with Gasteiger partial charge < -0.3 is 20.8 Å². The number of hydrogen-bond donors (Lipinski definition) is 2. The number of benzene rings is 1. The summed E-state index contributed by atoms with van der Waals surface area (Å²) < 4.78 is 11.9. The van der Waals surface area contributed by atoms with Crippen LogP contribution in [0.4, 0.5) is 0 Å². The predicted octanol–water partition coefficient (Wildman–Crippen LogP) is 1.73. The zero-order valence-corrected chi connectivity index (χ0v) is 16.6. The first-order valence-electron chi connectivity index (χ1n) is 9.98. The predicted molar refractivity (Wildman–Crippen MR) is 109 cm³/mol. The molecule has 0 aliphatic carbocycles. The number of rotatable bonds is 11. The number of nitrogens with zero attached hydrogens (tertiary/aromatic N) is 1. The van der Waals surface area contributed by atoms with Crippen molar-refractivity contribution in [3.63, 3.8) is 0 Å². The molecule has 1 aromatic rings. The van der Waals surface area contributed by atoms with Gasteiger partial charge in [-0.3, -0.25) is 4.90 Å². The van der Waals surface area contributed by atoms with E-state index < -0.39 is 0 Å². The summed E-state index contributed by atoms with van der Waals surface area (Å²) >= 11 is 0. The molecule has 146 valence electrons. The molecule has 4 N–H and O–H groups in total. The van der Waals surface area contributed by atoms with E-state index in [1.54, 1.807) is 0 Å². The fourth-order valence-electron chi connectivity index (χ4n) is 3.21. The Morgan fingerprint density at radius 2 is 1.62 bits per heavy atom. The van der Waals surface area contributed by atoms with Crippen LogP contribution in [0.1, 0.15) is 45.1 Å². The lowest BCUT2D eigenvalue weighted by Crippen LogP contribution is -2.47. The molecule has 26 heavy (non-hydrogen) atoms. The maximum atomic E-state index is 5.93. The average molecular weight is 361 g/mol. The van der Waals surface area contributed by atoms with Crippen molar-refractivity contribution < 1.29 is 9.31 Å². The zero-order valence-electron chi connectivity index (χ0n) is 16.6. The minimum absolute atomic E-state index is 0.0941. The normalized spacial score (nSPS) is 17.0. The summed E-state index contributed by atoms with van der Waals surface area (Å²) in [6.07, 6.45) is 4.44. The molecule has 0 radical (unpaired) electrons. The third-order valence-electron chi connectivity index (χ3n) is 4.74. The largest absolute Gasteiger partial charge is 0.493 e.